The Morgan fingerprint density at radius 1 is 1.00 bits per heavy atom. The van der Waals surface area contributed by atoms with Crippen LogP contribution >= 0.6 is 0 Å². The maximum Gasteiger partial charge on any atom is 0.0716 e. The second-order valence-electron chi connectivity index (χ2n) is 6.62. The number of hydrogen-bond acceptors (Lipinski definition) is 1. The van der Waals surface area contributed by atoms with Crippen molar-refractivity contribution in [2.45, 2.75) is 71.3 Å². The van der Waals surface area contributed by atoms with Gasteiger partial charge in [0.25, 0.3) is 0 Å². The molecule has 1 heteroatoms. The summed E-state index contributed by atoms with van der Waals surface area (Å²) < 4.78 is 5.61. The van der Waals surface area contributed by atoms with Crippen LogP contribution in [0.2, 0.25) is 0 Å². The fourth-order valence-corrected chi connectivity index (χ4v) is 3.32. The van der Waals surface area contributed by atoms with E-state index in [1.54, 1.807) is 0 Å². The van der Waals surface area contributed by atoms with Crippen molar-refractivity contribution in [1.82, 2.24) is 0 Å². The Kier molecular flexibility index (Phi) is 7.73. The summed E-state index contributed by atoms with van der Waals surface area (Å²) in [7, 11) is 0. The summed E-state index contributed by atoms with van der Waals surface area (Å²) in [6, 6.07) is 9.14. The standard InChI is InChI=1S/C21H32O/c1-3-5-6-7-18-8-12-20(13-9-18)21-14-10-19(11-15-21)17-22-16-4-2/h6-7,10-11,14-15,18,20H,3-5,8-9,12-13,16-17H2,1-2H3. The molecule has 1 aromatic carbocycles. The number of unbranched alkanes of at least 4 members (excludes halogenated alkanes) is 1. The minimum Gasteiger partial charge on any atom is -0.377 e. The summed E-state index contributed by atoms with van der Waals surface area (Å²) in [5, 5.41) is 0. The second-order valence-corrected chi connectivity index (χ2v) is 6.62. The smallest absolute Gasteiger partial charge is 0.0716 e. The zero-order valence-corrected chi connectivity index (χ0v) is 14.4. The molecular formula is C21H32O. The molecule has 0 aliphatic heterocycles. The van der Waals surface area contributed by atoms with Crippen LogP contribution in [0.5, 0.6) is 0 Å². The summed E-state index contributed by atoms with van der Waals surface area (Å²) in [4.78, 5) is 0. The van der Waals surface area contributed by atoms with Gasteiger partial charge in [-0.3, -0.25) is 0 Å². The van der Waals surface area contributed by atoms with Gasteiger partial charge in [0.15, 0.2) is 0 Å². The molecule has 0 radical (unpaired) electrons. The molecule has 0 bridgehead atoms. The van der Waals surface area contributed by atoms with Gasteiger partial charge in [-0.1, -0.05) is 56.7 Å². The SMILES string of the molecule is CCCC=CC1CCC(c2ccc(COCCC)cc2)CC1. The molecule has 0 spiro atoms. The molecule has 0 N–H and O–H groups in total. The van der Waals surface area contributed by atoms with Crippen molar-refractivity contribution in [3.8, 4) is 0 Å². The Morgan fingerprint density at radius 2 is 1.73 bits per heavy atom. The topological polar surface area (TPSA) is 9.23 Å². The van der Waals surface area contributed by atoms with Crippen molar-refractivity contribution >= 4 is 0 Å². The van der Waals surface area contributed by atoms with Gasteiger partial charge >= 0.3 is 0 Å². The zero-order chi connectivity index (χ0) is 15.6. The van der Waals surface area contributed by atoms with E-state index in [1.807, 2.05) is 0 Å². The van der Waals surface area contributed by atoms with Crippen LogP contribution in [-0.2, 0) is 11.3 Å². The molecule has 0 unspecified atom stereocenters. The molecule has 1 aromatic rings. The van der Waals surface area contributed by atoms with E-state index in [-0.39, 0.29) is 0 Å². The van der Waals surface area contributed by atoms with E-state index < -0.39 is 0 Å². The molecule has 1 aliphatic rings. The molecule has 1 nitrogen and oxygen atoms in total. The van der Waals surface area contributed by atoms with Crippen LogP contribution < -0.4 is 0 Å². The first-order chi connectivity index (χ1) is 10.8. The average molecular weight is 300 g/mol. The Labute approximate surface area is 136 Å². The average Bonchev–Trinajstić information content (AvgIpc) is 2.57. The van der Waals surface area contributed by atoms with Crippen molar-refractivity contribution in [3.05, 3.63) is 47.5 Å². The van der Waals surface area contributed by atoms with Gasteiger partial charge in [-0.15, -0.1) is 0 Å². The third-order valence-corrected chi connectivity index (χ3v) is 4.70. The number of benzene rings is 1. The molecule has 1 fully saturated rings. The summed E-state index contributed by atoms with van der Waals surface area (Å²) in [5.41, 5.74) is 2.82. The number of rotatable bonds is 8. The largest absolute Gasteiger partial charge is 0.377 e. The van der Waals surface area contributed by atoms with Crippen molar-refractivity contribution in [2.24, 2.45) is 5.92 Å². The van der Waals surface area contributed by atoms with E-state index in [2.05, 4.69) is 50.3 Å². The Hall–Kier alpha value is -1.08. The van der Waals surface area contributed by atoms with Crippen molar-refractivity contribution in [1.29, 1.82) is 0 Å². The minimum atomic E-state index is 0.753. The fraction of sp³-hybridized carbons (Fsp3) is 0.619. The number of ether oxygens (including phenoxy) is 1. The van der Waals surface area contributed by atoms with Gasteiger partial charge in [0.1, 0.15) is 0 Å². The molecule has 1 saturated carbocycles. The minimum absolute atomic E-state index is 0.753. The number of hydrogen-bond donors (Lipinski definition) is 0. The van der Waals surface area contributed by atoms with Crippen LogP contribution in [0.3, 0.4) is 0 Å². The summed E-state index contributed by atoms with van der Waals surface area (Å²) in [6.07, 6.45) is 13.8. The Bertz CT molecular complexity index is 424. The molecule has 0 atom stereocenters. The van der Waals surface area contributed by atoms with E-state index >= 15 is 0 Å². The van der Waals surface area contributed by atoms with Gasteiger partial charge in [0.2, 0.25) is 0 Å². The predicted octanol–water partition coefficient (Wildman–Crippen LogP) is 6.24. The fourth-order valence-electron chi connectivity index (χ4n) is 3.32. The lowest BCUT2D eigenvalue weighted by molar-refractivity contribution is 0.121. The highest BCUT2D eigenvalue weighted by molar-refractivity contribution is 5.25. The van der Waals surface area contributed by atoms with Crippen LogP contribution in [0.25, 0.3) is 0 Å². The van der Waals surface area contributed by atoms with Gasteiger partial charge in [0.05, 0.1) is 6.61 Å². The highest BCUT2D eigenvalue weighted by Crippen LogP contribution is 2.36. The number of allylic oxidation sites excluding steroid dienone is 2. The van der Waals surface area contributed by atoms with Crippen LogP contribution in [0, 0.1) is 5.92 Å². The van der Waals surface area contributed by atoms with Crippen molar-refractivity contribution in [2.75, 3.05) is 6.61 Å². The third-order valence-electron chi connectivity index (χ3n) is 4.70. The summed E-state index contributed by atoms with van der Waals surface area (Å²) >= 11 is 0. The molecule has 122 valence electrons. The van der Waals surface area contributed by atoms with Gasteiger partial charge in [0, 0.05) is 6.61 Å². The van der Waals surface area contributed by atoms with E-state index in [4.69, 9.17) is 4.74 Å². The van der Waals surface area contributed by atoms with Crippen molar-refractivity contribution < 1.29 is 4.74 Å². The highest BCUT2D eigenvalue weighted by atomic mass is 16.5. The summed E-state index contributed by atoms with van der Waals surface area (Å²) in [6.45, 7) is 6.01. The van der Waals surface area contributed by atoms with Gasteiger partial charge in [-0.2, -0.15) is 0 Å². The maximum absolute atomic E-state index is 5.61. The first-order valence-electron chi connectivity index (χ1n) is 9.16. The van der Waals surface area contributed by atoms with Gasteiger partial charge < -0.3 is 4.74 Å². The normalized spacial score (nSPS) is 22.3. The summed E-state index contributed by atoms with van der Waals surface area (Å²) in [5.74, 6) is 1.59. The van der Waals surface area contributed by atoms with E-state index in [1.165, 1.54) is 49.7 Å². The van der Waals surface area contributed by atoms with E-state index in [9.17, 15) is 0 Å². The van der Waals surface area contributed by atoms with E-state index in [0.29, 0.717) is 0 Å². The van der Waals surface area contributed by atoms with Gasteiger partial charge in [-0.05, 0) is 61.5 Å². The maximum atomic E-state index is 5.61. The third kappa shape index (κ3) is 5.61. The quantitative estimate of drug-likeness (QED) is 0.407. The highest BCUT2D eigenvalue weighted by Gasteiger charge is 2.20. The first-order valence-corrected chi connectivity index (χ1v) is 9.16. The second kappa shape index (κ2) is 9.84. The Morgan fingerprint density at radius 3 is 2.36 bits per heavy atom. The Balaban J connectivity index is 1.78. The predicted molar refractivity (Wildman–Crippen MR) is 95.1 cm³/mol. The van der Waals surface area contributed by atoms with Crippen molar-refractivity contribution in [3.63, 3.8) is 0 Å². The molecule has 22 heavy (non-hydrogen) atoms. The lowest BCUT2D eigenvalue weighted by Gasteiger charge is -2.27. The van der Waals surface area contributed by atoms with Crippen LogP contribution in [-0.4, -0.2) is 6.61 Å². The molecule has 0 saturated heterocycles. The first kappa shape index (κ1) is 17.3. The van der Waals surface area contributed by atoms with Crippen LogP contribution in [0.4, 0.5) is 0 Å². The molecule has 2 rings (SSSR count). The van der Waals surface area contributed by atoms with Crippen LogP contribution in [0.15, 0.2) is 36.4 Å². The molecule has 1 aliphatic carbocycles. The van der Waals surface area contributed by atoms with Crippen LogP contribution in [0.1, 0.15) is 75.8 Å². The lowest BCUT2D eigenvalue weighted by atomic mass is 9.78. The monoisotopic (exact) mass is 300 g/mol. The molecule has 0 aromatic heterocycles. The lowest BCUT2D eigenvalue weighted by Crippen LogP contribution is -2.11. The molecule has 0 amide bonds. The zero-order valence-electron chi connectivity index (χ0n) is 14.4. The van der Waals surface area contributed by atoms with Gasteiger partial charge in [-0.25, -0.2) is 0 Å². The molecular weight excluding hydrogens is 268 g/mol. The van der Waals surface area contributed by atoms with E-state index in [0.717, 1.165) is 31.5 Å². The molecule has 0 heterocycles.